The lowest BCUT2D eigenvalue weighted by atomic mass is 10.1. The lowest BCUT2D eigenvalue weighted by molar-refractivity contribution is 0.0640. The second-order valence-electron chi connectivity index (χ2n) is 4.85. The number of thiazole rings is 1. The van der Waals surface area contributed by atoms with Crippen molar-refractivity contribution >= 4 is 45.0 Å². The number of imide groups is 1. The molecule has 1 aliphatic heterocycles. The maximum absolute atomic E-state index is 12.3. The third kappa shape index (κ3) is 2.00. The lowest BCUT2D eigenvalue weighted by Crippen LogP contribution is -2.29. The molecule has 0 aliphatic carbocycles. The minimum Gasteiger partial charge on any atom is -0.269 e. The van der Waals surface area contributed by atoms with E-state index >= 15 is 0 Å². The zero-order chi connectivity index (χ0) is 15.3. The van der Waals surface area contributed by atoms with Crippen molar-refractivity contribution < 1.29 is 9.59 Å². The van der Waals surface area contributed by atoms with Gasteiger partial charge in [0, 0.05) is 6.20 Å². The average molecular weight is 330 g/mol. The van der Waals surface area contributed by atoms with E-state index in [1.165, 1.54) is 16.2 Å². The van der Waals surface area contributed by atoms with Crippen LogP contribution in [0, 0.1) is 0 Å². The SMILES string of the molecule is O=C1c2ccccc2C(=O)N1Cc1cc2nc(Cl)sc2cn1. The molecular weight excluding hydrogens is 322 g/mol. The minimum atomic E-state index is -0.293. The van der Waals surface area contributed by atoms with Gasteiger partial charge >= 0.3 is 0 Å². The van der Waals surface area contributed by atoms with Gasteiger partial charge < -0.3 is 0 Å². The van der Waals surface area contributed by atoms with Crippen LogP contribution in [0.1, 0.15) is 26.4 Å². The summed E-state index contributed by atoms with van der Waals surface area (Å²) < 4.78 is 1.31. The molecule has 0 atom stereocenters. The van der Waals surface area contributed by atoms with Gasteiger partial charge in [-0.25, -0.2) is 4.98 Å². The maximum Gasteiger partial charge on any atom is 0.261 e. The van der Waals surface area contributed by atoms with Crippen LogP contribution in [0.4, 0.5) is 0 Å². The van der Waals surface area contributed by atoms with E-state index in [0.29, 0.717) is 21.3 Å². The van der Waals surface area contributed by atoms with E-state index in [0.717, 1.165) is 10.2 Å². The van der Waals surface area contributed by atoms with Crippen molar-refractivity contribution in [3.05, 3.63) is 57.8 Å². The highest BCUT2D eigenvalue weighted by molar-refractivity contribution is 7.22. The Labute approximate surface area is 134 Å². The van der Waals surface area contributed by atoms with Gasteiger partial charge in [0.15, 0.2) is 4.47 Å². The molecule has 0 saturated carbocycles. The molecule has 2 amide bonds. The van der Waals surface area contributed by atoms with Gasteiger partial charge in [0.05, 0.1) is 33.6 Å². The number of benzene rings is 1. The molecule has 0 unspecified atom stereocenters. The van der Waals surface area contributed by atoms with E-state index in [-0.39, 0.29) is 18.4 Å². The largest absolute Gasteiger partial charge is 0.269 e. The fourth-order valence-corrected chi connectivity index (χ4v) is 3.46. The summed E-state index contributed by atoms with van der Waals surface area (Å²) in [5.41, 5.74) is 2.19. The number of fused-ring (bicyclic) bond motifs is 2. The molecule has 3 heterocycles. The average Bonchev–Trinajstić information content (AvgIpc) is 3.00. The topological polar surface area (TPSA) is 63.2 Å². The Morgan fingerprint density at radius 2 is 1.82 bits per heavy atom. The first kappa shape index (κ1) is 13.4. The van der Waals surface area contributed by atoms with E-state index in [4.69, 9.17) is 11.6 Å². The van der Waals surface area contributed by atoms with E-state index in [1.54, 1.807) is 36.5 Å². The Morgan fingerprint density at radius 1 is 1.14 bits per heavy atom. The highest BCUT2D eigenvalue weighted by Gasteiger charge is 2.35. The molecule has 5 nitrogen and oxygen atoms in total. The van der Waals surface area contributed by atoms with Gasteiger partial charge in [-0.15, -0.1) is 11.3 Å². The summed E-state index contributed by atoms with van der Waals surface area (Å²) in [6.45, 7) is 0.122. The summed E-state index contributed by atoms with van der Waals surface area (Å²) in [5, 5.41) is 0. The summed E-state index contributed by atoms with van der Waals surface area (Å²) in [4.78, 5) is 34.3. The number of carbonyl (C=O) groups excluding carboxylic acids is 2. The Balaban J connectivity index is 1.68. The van der Waals surface area contributed by atoms with Crippen LogP contribution >= 0.6 is 22.9 Å². The molecular formula is C15H8ClN3O2S. The highest BCUT2D eigenvalue weighted by Crippen LogP contribution is 2.27. The van der Waals surface area contributed by atoms with Crippen LogP contribution in [0.5, 0.6) is 0 Å². The second kappa shape index (κ2) is 4.86. The van der Waals surface area contributed by atoms with Crippen molar-refractivity contribution in [3.8, 4) is 0 Å². The Kier molecular flexibility index (Phi) is 2.95. The fourth-order valence-electron chi connectivity index (χ4n) is 2.48. The van der Waals surface area contributed by atoms with Crippen molar-refractivity contribution in [2.45, 2.75) is 6.54 Å². The molecule has 0 saturated heterocycles. The zero-order valence-corrected chi connectivity index (χ0v) is 12.7. The van der Waals surface area contributed by atoms with E-state index < -0.39 is 0 Å². The van der Waals surface area contributed by atoms with Gasteiger partial charge in [0.25, 0.3) is 11.8 Å². The van der Waals surface area contributed by atoms with Crippen LogP contribution < -0.4 is 0 Å². The van der Waals surface area contributed by atoms with Gasteiger partial charge in [-0.3, -0.25) is 19.5 Å². The number of rotatable bonds is 2. The van der Waals surface area contributed by atoms with E-state index in [9.17, 15) is 9.59 Å². The predicted molar refractivity (Wildman–Crippen MR) is 83.1 cm³/mol. The maximum atomic E-state index is 12.3. The molecule has 7 heteroatoms. The van der Waals surface area contributed by atoms with E-state index in [1.807, 2.05) is 0 Å². The normalized spacial score (nSPS) is 14.0. The molecule has 0 bridgehead atoms. The number of pyridine rings is 1. The first-order valence-electron chi connectivity index (χ1n) is 6.49. The molecule has 1 aromatic carbocycles. The Bertz CT molecular complexity index is 902. The van der Waals surface area contributed by atoms with Gasteiger partial charge in [0.2, 0.25) is 0 Å². The summed E-state index contributed by atoms with van der Waals surface area (Å²) in [6, 6.07) is 8.56. The van der Waals surface area contributed by atoms with Crippen LogP contribution in [0.2, 0.25) is 4.47 Å². The molecule has 0 fully saturated rings. The Morgan fingerprint density at radius 3 is 2.50 bits per heavy atom. The minimum absolute atomic E-state index is 0.122. The first-order chi connectivity index (χ1) is 10.6. The summed E-state index contributed by atoms with van der Waals surface area (Å²) >= 11 is 7.21. The molecule has 108 valence electrons. The molecule has 3 aromatic rings. The number of hydrogen-bond acceptors (Lipinski definition) is 5. The standard InChI is InChI=1S/C15H8ClN3O2S/c16-15-18-11-5-8(17-6-12(11)22-15)7-19-13(20)9-3-1-2-4-10(9)14(19)21/h1-6H,7H2. The smallest absolute Gasteiger partial charge is 0.261 e. The quantitative estimate of drug-likeness (QED) is 0.678. The van der Waals surface area contributed by atoms with Crippen molar-refractivity contribution in [2.24, 2.45) is 0 Å². The van der Waals surface area contributed by atoms with Crippen LogP contribution in [0.25, 0.3) is 10.2 Å². The number of carbonyl (C=O) groups is 2. The van der Waals surface area contributed by atoms with Crippen molar-refractivity contribution in [1.29, 1.82) is 0 Å². The van der Waals surface area contributed by atoms with Gasteiger partial charge in [0.1, 0.15) is 0 Å². The summed E-state index contributed by atoms with van der Waals surface area (Å²) in [6.07, 6.45) is 1.66. The molecule has 0 radical (unpaired) electrons. The molecule has 0 N–H and O–H groups in total. The molecule has 0 spiro atoms. The number of hydrogen-bond donors (Lipinski definition) is 0. The predicted octanol–water partition coefficient (Wildman–Crippen LogP) is 3.14. The molecule has 1 aliphatic rings. The lowest BCUT2D eigenvalue weighted by Gasteiger charge is -2.12. The number of amides is 2. The van der Waals surface area contributed by atoms with Crippen molar-refractivity contribution in [2.75, 3.05) is 0 Å². The summed E-state index contributed by atoms with van der Waals surface area (Å²) in [5.74, 6) is -0.586. The molecule has 2 aromatic heterocycles. The summed E-state index contributed by atoms with van der Waals surface area (Å²) in [7, 11) is 0. The van der Waals surface area contributed by atoms with Crippen molar-refractivity contribution in [1.82, 2.24) is 14.9 Å². The van der Waals surface area contributed by atoms with Crippen LogP contribution in [-0.2, 0) is 6.54 Å². The molecule has 4 rings (SSSR count). The van der Waals surface area contributed by atoms with Gasteiger partial charge in [-0.1, -0.05) is 23.7 Å². The van der Waals surface area contributed by atoms with E-state index in [2.05, 4.69) is 9.97 Å². The fraction of sp³-hybridized carbons (Fsp3) is 0.0667. The Hall–Kier alpha value is -2.31. The third-order valence-electron chi connectivity index (χ3n) is 3.50. The highest BCUT2D eigenvalue weighted by atomic mass is 35.5. The number of halogens is 1. The number of nitrogens with zero attached hydrogens (tertiary/aromatic N) is 3. The van der Waals surface area contributed by atoms with Crippen molar-refractivity contribution in [3.63, 3.8) is 0 Å². The van der Waals surface area contributed by atoms with Gasteiger partial charge in [-0.05, 0) is 18.2 Å². The van der Waals surface area contributed by atoms with Crippen LogP contribution in [0.15, 0.2) is 36.5 Å². The number of aromatic nitrogens is 2. The van der Waals surface area contributed by atoms with Crippen LogP contribution in [0.3, 0.4) is 0 Å². The third-order valence-corrected chi connectivity index (χ3v) is 4.61. The first-order valence-corrected chi connectivity index (χ1v) is 7.69. The molecule has 22 heavy (non-hydrogen) atoms. The monoisotopic (exact) mass is 329 g/mol. The second-order valence-corrected chi connectivity index (χ2v) is 6.46. The van der Waals surface area contributed by atoms with Crippen LogP contribution in [-0.4, -0.2) is 26.7 Å². The van der Waals surface area contributed by atoms with Gasteiger partial charge in [-0.2, -0.15) is 0 Å². The zero-order valence-electron chi connectivity index (χ0n) is 11.1.